The van der Waals surface area contributed by atoms with E-state index >= 15 is 0 Å². The number of aromatic nitrogens is 5. The van der Waals surface area contributed by atoms with Gasteiger partial charge >= 0.3 is 0 Å². The molecule has 0 aliphatic carbocycles. The minimum atomic E-state index is -0.625. The topological polar surface area (TPSA) is 123 Å². The van der Waals surface area contributed by atoms with Crippen molar-refractivity contribution < 1.29 is 14.4 Å². The first-order chi connectivity index (χ1) is 18.2. The van der Waals surface area contributed by atoms with Crippen LogP contribution in [-0.2, 0) is 16.1 Å². The molecule has 1 saturated heterocycles. The molecule has 1 aromatic carbocycles. The number of rotatable bonds is 6. The number of amides is 2. The van der Waals surface area contributed by atoms with Gasteiger partial charge in [-0.2, -0.15) is 5.10 Å². The Labute approximate surface area is 227 Å². The lowest BCUT2D eigenvalue weighted by Gasteiger charge is -2.24. The number of anilines is 1. The van der Waals surface area contributed by atoms with E-state index in [1.807, 2.05) is 32.0 Å². The van der Waals surface area contributed by atoms with E-state index in [1.54, 1.807) is 35.5 Å². The summed E-state index contributed by atoms with van der Waals surface area (Å²) in [4.78, 5) is 53.4. The number of benzene rings is 1. The number of likely N-dealkylation sites (tertiary alicyclic amines) is 1. The lowest BCUT2D eigenvalue weighted by atomic mass is 10.0. The summed E-state index contributed by atoms with van der Waals surface area (Å²) in [6.45, 7) is 5.64. The fraction of sp³-hybridized carbons (Fsp3) is 0.296. The van der Waals surface area contributed by atoms with Crippen LogP contribution >= 0.6 is 15.9 Å². The smallest absolute Gasteiger partial charge is 0.248 e. The average molecular weight is 576 g/mol. The molecular formula is C27H26BrN7O3. The highest BCUT2D eigenvalue weighted by Crippen LogP contribution is 2.28. The molecule has 4 aromatic rings. The minimum Gasteiger partial charge on any atom is -0.329 e. The van der Waals surface area contributed by atoms with Crippen molar-refractivity contribution >= 4 is 50.2 Å². The molecule has 11 heteroatoms. The van der Waals surface area contributed by atoms with Gasteiger partial charge in [-0.25, -0.2) is 15.0 Å². The van der Waals surface area contributed by atoms with Crippen LogP contribution in [0.5, 0.6) is 0 Å². The number of nitrogens with zero attached hydrogens (tertiary/aromatic N) is 6. The second-order valence-corrected chi connectivity index (χ2v) is 10.4. The number of Topliss-reactive ketones (excluding diaryl/α,β-unsaturated/α-hetero) is 1. The zero-order chi connectivity index (χ0) is 27.0. The molecule has 1 fully saturated rings. The molecule has 0 spiro atoms. The van der Waals surface area contributed by atoms with Crippen LogP contribution in [0.25, 0.3) is 22.0 Å². The van der Waals surface area contributed by atoms with Crippen LogP contribution in [0.4, 0.5) is 5.82 Å². The monoisotopic (exact) mass is 575 g/mol. The third kappa shape index (κ3) is 5.19. The van der Waals surface area contributed by atoms with Gasteiger partial charge in [0.1, 0.15) is 34.5 Å². The molecule has 0 unspecified atom stereocenters. The summed E-state index contributed by atoms with van der Waals surface area (Å²) in [5, 5.41) is 7.95. The van der Waals surface area contributed by atoms with Gasteiger partial charge in [0.25, 0.3) is 0 Å². The number of hydrogen-bond donors (Lipinski definition) is 1. The zero-order valence-electron chi connectivity index (χ0n) is 21.2. The van der Waals surface area contributed by atoms with Gasteiger partial charge in [0.2, 0.25) is 11.8 Å². The van der Waals surface area contributed by atoms with Gasteiger partial charge in [-0.15, -0.1) is 0 Å². The van der Waals surface area contributed by atoms with Gasteiger partial charge in [0.15, 0.2) is 5.78 Å². The zero-order valence-corrected chi connectivity index (χ0v) is 22.8. The van der Waals surface area contributed by atoms with Crippen molar-refractivity contribution in [2.24, 2.45) is 5.92 Å². The van der Waals surface area contributed by atoms with Crippen LogP contribution < -0.4 is 5.32 Å². The number of hydrogen-bond acceptors (Lipinski definition) is 7. The quantitative estimate of drug-likeness (QED) is 0.272. The molecule has 10 nitrogen and oxygen atoms in total. The number of carbonyl (C=O) groups excluding carboxylic acids is 3. The van der Waals surface area contributed by atoms with E-state index < -0.39 is 6.04 Å². The number of carbonyl (C=O) groups is 3. The van der Waals surface area contributed by atoms with E-state index in [-0.39, 0.29) is 35.8 Å². The Morgan fingerprint density at radius 2 is 1.87 bits per heavy atom. The molecule has 2 amide bonds. The molecule has 4 heterocycles. The highest BCUT2D eigenvalue weighted by atomic mass is 79.9. The molecule has 3 aromatic heterocycles. The maximum atomic E-state index is 13.5. The van der Waals surface area contributed by atoms with Crippen molar-refractivity contribution in [2.75, 3.05) is 11.9 Å². The van der Waals surface area contributed by atoms with Crippen molar-refractivity contribution in [3.63, 3.8) is 0 Å². The Balaban J connectivity index is 1.41. The van der Waals surface area contributed by atoms with Crippen molar-refractivity contribution in [1.29, 1.82) is 0 Å². The molecular weight excluding hydrogens is 550 g/mol. The number of halogens is 1. The fourth-order valence-corrected chi connectivity index (χ4v) is 5.10. The first-order valence-corrected chi connectivity index (χ1v) is 13.0. The SMILES string of the molecule is CC(=O)c1nn(CC(=O)N2C[C@H](C)C[C@H]2C(=O)Nc2cccc(Br)n2)c2ccc(-c3cnc(C)nc3)cc12. The molecule has 0 radical (unpaired) electrons. The van der Waals surface area contributed by atoms with Gasteiger partial charge in [-0.1, -0.05) is 19.1 Å². The minimum absolute atomic E-state index is 0.0948. The molecule has 0 bridgehead atoms. The van der Waals surface area contributed by atoms with Crippen molar-refractivity contribution in [2.45, 2.75) is 39.8 Å². The molecule has 1 aliphatic heterocycles. The van der Waals surface area contributed by atoms with Crippen LogP contribution in [0.1, 0.15) is 36.6 Å². The first kappa shape index (κ1) is 25.7. The lowest BCUT2D eigenvalue weighted by molar-refractivity contribution is -0.137. The normalized spacial score (nSPS) is 17.1. The number of fused-ring (bicyclic) bond motifs is 1. The van der Waals surface area contributed by atoms with Crippen LogP contribution in [-0.4, -0.2) is 59.8 Å². The summed E-state index contributed by atoms with van der Waals surface area (Å²) in [5.74, 6) is 0.510. The summed E-state index contributed by atoms with van der Waals surface area (Å²) >= 11 is 3.30. The third-order valence-electron chi connectivity index (χ3n) is 6.58. The molecule has 5 rings (SSSR count). The highest BCUT2D eigenvalue weighted by molar-refractivity contribution is 9.10. The largest absolute Gasteiger partial charge is 0.329 e. The number of nitrogens with one attached hydrogen (secondary N) is 1. The number of ketones is 1. The molecule has 1 aliphatic rings. The van der Waals surface area contributed by atoms with Crippen LogP contribution in [0, 0.1) is 12.8 Å². The van der Waals surface area contributed by atoms with Crippen molar-refractivity contribution in [3.8, 4) is 11.1 Å². The fourth-order valence-electron chi connectivity index (χ4n) is 4.76. The van der Waals surface area contributed by atoms with Gasteiger partial charge in [0, 0.05) is 36.8 Å². The van der Waals surface area contributed by atoms with E-state index in [0.29, 0.717) is 40.1 Å². The van der Waals surface area contributed by atoms with E-state index in [1.165, 1.54) is 11.6 Å². The van der Waals surface area contributed by atoms with Gasteiger partial charge < -0.3 is 10.2 Å². The van der Waals surface area contributed by atoms with Crippen LogP contribution in [0.2, 0.25) is 0 Å². The number of pyridine rings is 1. The predicted molar refractivity (Wildman–Crippen MR) is 145 cm³/mol. The predicted octanol–water partition coefficient (Wildman–Crippen LogP) is 4.04. The number of aryl methyl sites for hydroxylation is 1. The Morgan fingerprint density at radius 1 is 1.11 bits per heavy atom. The highest BCUT2D eigenvalue weighted by Gasteiger charge is 2.38. The second-order valence-electron chi connectivity index (χ2n) is 9.55. The summed E-state index contributed by atoms with van der Waals surface area (Å²) in [6.07, 6.45) is 4.01. The lowest BCUT2D eigenvalue weighted by Crippen LogP contribution is -2.44. The Kier molecular flexibility index (Phi) is 7.02. The van der Waals surface area contributed by atoms with Gasteiger partial charge in [0.05, 0.1) is 5.52 Å². The summed E-state index contributed by atoms with van der Waals surface area (Å²) in [5.41, 5.74) is 2.60. The molecule has 1 N–H and O–H groups in total. The van der Waals surface area contributed by atoms with Gasteiger partial charge in [-0.3, -0.25) is 19.1 Å². The summed E-state index contributed by atoms with van der Waals surface area (Å²) < 4.78 is 2.14. The maximum Gasteiger partial charge on any atom is 0.248 e. The first-order valence-electron chi connectivity index (χ1n) is 12.2. The Hall–Kier alpha value is -3.99. The molecule has 194 valence electrons. The van der Waals surface area contributed by atoms with Crippen LogP contribution in [0.15, 0.2) is 53.4 Å². The van der Waals surface area contributed by atoms with E-state index in [9.17, 15) is 14.4 Å². The Bertz CT molecular complexity index is 1550. The summed E-state index contributed by atoms with van der Waals surface area (Å²) in [7, 11) is 0. The van der Waals surface area contributed by atoms with E-state index in [4.69, 9.17) is 0 Å². The van der Waals surface area contributed by atoms with Gasteiger partial charge in [-0.05, 0) is 65.0 Å². The van der Waals surface area contributed by atoms with E-state index in [0.717, 1.165) is 11.1 Å². The Morgan fingerprint density at radius 3 is 2.58 bits per heavy atom. The molecule has 0 saturated carbocycles. The second kappa shape index (κ2) is 10.4. The maximum absolute atomic E-state index is 13.5. The van der Waals surface area contributed by atoms with Crippen LogP contribution in [0.3, 0.4) is 0 Å². The molecule has 38 heavy (non-hydrogen) atoms. The summed E-state index contributed by atoms with van der Waals surface area (Å²) in [6, 6.07) is 10.2. The van der Waals surface area contributed by atoms with Crippen molar-refractivity contribution in [3.05, 3.63) is 64.9 Å². The standard InChI is InChI=1S/C27H26BrN7O3/c1-15-9-22(27(38)32-24-6-4-5-23(28)31-24)34(13-15)25(37)14-35-21-8-7-18(19-11-29-17(3)30-12-19)10-20(21)26(33-35)16(2)36/h4-8,10-12,15,22H,9,13-14H2,1-3H3,(H,31,32,38)/t15-,22+/m1/s1. The average Bonchev–Trinajstić information content (AvgIpc) is 3.45. The van der Waals surface area contributed by atoms with Crippen molar-refractivity contribution in [1.82, 2.24) is 29.6 Å². The third-order valence-corrected chi connectivity index (χ3v) is 7.02. The van der Waals surface area contributed by atoms with E-state index in [2.05, 4.69) is 41.3 Å². The molecule has 2 atom stereocenters.